The molecule has 0 radical (unpaired) electrons. The first-order valence-corrected chi connectivity index (χ1v) is 9.58. The molecule has 2 heterocycles. The van der Waals surface area contributed by atoms with E-state index < -0.39 is 0 Å². The van der Waals surface area contributed by atoms with Crippen molar-refractivity contribution in [3.8, 4) is 0 Å². The summed E-state index contributed by atoms with van der Waals surface area (Å²) < 4.78 is 5.44. The zero-order valence-corrected chi connectivity index (χ0v) is 15.3. The zero-order chi connectivity index (χ0) is 16.8. The van der Waals surface area contributed by atoms with Crippen molar-refractivity contribution in [1.29, 1.82) is 0 Å². The average Bonchev–Trinajstić information content (AvgIpc) is 2.61. The lowest BCUT2D eigenvalue weighted by Gasteiger charge is -2.37. The highest BCUT2D eigenvalue weighted by Crippen LogP contribution is 2.18. The third-order valence-electron chi connectivity index (χ3n) is 5.36. The smallest absolute Gasteiger partial charge is 0.0480 e. The minimum absolute atomic E-state index is 0.600. The Kier molecular flexibility index (Phi) is 6.52. The van der Waals surface area contributed by atoms with E-state index >= 15 is 0 Å². The SMILES string of the molecule is Cc1cccc(N2CCN(CC[C@@H](C)NC3CCOCC3)CC2)c1. The minimum atomic E-state index is 0.600. The van der Waals surface area contributed by atoms with E-state index in [4.69, 9.17) is 4.74 Å². The van der Waals surface area contributed by atoms with Crippen LogP contribution >= 0.6 is 0 Å². The van der Waals surface area contributed by atoms with Gasteiger partial charge in [-0.05, 0) is 57.4 Å². The van der Waals surface area contributed by atoms with Crippen molar-refractivity contribution in [3.05, 3.63) is 29.8 Å². The standard InChI is InChI=1S/C20H33N3O/c1-17-4-3-5-20(16-17)23-12-10-22(11-13-23)9-6-18(2)21-19-7-14-24-15-8-19/h3-5,16,18-19,21H,6-15H2,1-2H3/t18-/m1/s1. The quantitative estimate of drug-likeness (QED) is 0.867. The topological polar surface area (TPSA) is 27.7 Å². The zero-order valence-electron chi connectivity index (χ0n) is 15.3. The van der Waals surface area contributed by atoms with Crippen LogP contribution in [0.1, 0.15) is 31.7 Å². The molecule has 2 aliphatic rings. The third-order valence-corrected chi connectivity index (χ3v) is 5.36. The number of aryl methyl sites for hydroxylation is 1. The number of nitrogens with one attached hydrogen (secondary N) is 1. The van der Waals surface area contributed by atoms with Gasteiger partial charge in [0.2, 0.25) is 0 Å². The summed E-state index contributed by atoms with van der Waals surface area (Å²) in [6, 6.07) is 10.1. The predicted molar refractivity (Wildman–Crippen MR) is 101 cm³/mol. The van der Waals surface area contributed by atoms with Crippen LogP contribution < -0.4 is 10.2 Å². The summed E-state index contributed by atoms with van der Waals surface area (Å²) in [5, 5.41) is 3.78. The van der Waals surface area contributed by atoms with E-state index in [1.807, 2.05) is 0 Å². The number of anilines is 1. The maximum Gasteiger partial charge on any atom is 0.0480 e. The van der Waals surface area contributed by atoms with Gasteiger partial charge in [-0.15, -0.1) is 0 Å². The van der Waals surface area contributed by atoms with Crippen LogP contribution in [0.25, 0.3) is 0 Å². The van der Waals surface area contributed by atoms with Crippen molar-refractivity contribution in [2.75, 3.05) is 50.8 Å². The molecule has 0 aromatic heterocycles. The number of rotatable bonds is 6. The number of ether oxygens (including phenoxy) is 1. The molecule has 2 saturated heterocycles. The first-order valence-electron chi connectivity index (χ1n) is 9.58. The van der Waals surface area contributed by atoms with Crippen LogP contribution in [0.5, 0.6) is 0 Å². The van der Waals surface area contributed by atoms with Gasteiger partial charge >= 0.3 is 0 Å². The summed E-state index contributed by atoms with van der Waals surface area (Å²) in [6.07, 6.45) is 3.57. The predicted octanol–water partition coefficient (Wildman–Crippen LogP) is 2.66. The summed E-state index contributed by atoms with van der Waals surface area (Å²) in [5.41, 5.74) is 2.73. The van der Waals surface area contributed by atoms with Crippen LogP contribution in [0.2, 0.25) is 0 Å². The van der Waals surface area contributed by atoms with E-state index in [2.05, 4.69) is 53.2 Å². The first kappa shape index (κ1) is 17.7. The van der Waals surface area contributed by atoms with E-state index in [1.165, 1.54) is 50.1 Å². The van der Waals surface area contributed by atoms with Gasteiger partial charge in [-0.1, -0.05) is 12.1 Å². The van der Waals surface area contributed by atoms with Crippen LogP contribution in [-0.2, 0) is 4.74 Å². The van der Waals surface area contributed by atoms with Crippen LogP contribution in [-0.4, -0.2) is 62.9 Å². The molecule has 1 N–H and O–H groups in total. The lowest BCUT2D eigenvalue weighted by atomic mass is 10.1. The van der Waals surface area contributed by atoms with Gasteiger partial charge in [0.05, 0.1) is 0 Å². The summed E-state index contributed by atoms with van der Waals surface area (Å²) in [5.74, 6) is 0. The molecule has 0 unspecified atom stereocenters. The van der Waals surface area contributed by atoms with Crippen LogP contribution in [0.15, 0.2) is 24.3 Å². The molecule has 0 spiro atoms. The van der Waals surface area contributed by atoms with Crippen molar-refractivity contribution in [3.63, 3.8) is 0 Å². The summed E-state index contributed by atoms with van der Waals surface area (Å²) in [7, 11) is 0. The molecular formula is C20H33N3O. The van der Waals surface area contributed by atoms with Gasteiger partial charge in [-0.2, -0.15) is 0 Å². The molecule has 4 heteroatoms. The van der Waals surface area contributed by atoms with E-state index in [9.17, 15) is 0 Å². The fourth-order valence-electron chi connectivity index (χ4n) is 3.78. The first-order chi connectivity index (χ1) is 11.7. The number of nitrogens with zero attached hydrogens (tertiary/aromatic N) is 2. The fraction of sp³-hybridized carbons (Fsp3) is 0.700. The molecule has 4 nitrogen and oxygen atoms in total. The lowest BCUT2D eigenvalue weighted by molar-refractivity contribution is 0.0746. The summed E-state index contributed by atoms with van der Waals surface area (Å²) in [4.78, 5) is 5.14. The summed E-state index contributed by atoms with van der Waals surface area (Å²) >= 11 is 0. The van der Waals surface area contributed by atoms with E-state index in [0.29, 0.717) is 12.1 Å². The van der Waals surface area contributed by atoms with Gasteiger partial charge in [-0.25, -0.2) is 0 Å². The second-order valence-corrected chi connectivity index (χ2v) is 7.41. The fourth-order valence-corrected chi connectivity index (χ4v) is 3.78. The van der Waals surface area contributed by atoms with Crippen molar-refractivity contribution >= 4 is 5.69 Å². The molecule has 2 aliphatic heterocycles. The van der Waals surface area contributed by atoms with Crippen molar-refractivity contribution in [2.45, 2.75) is 45.2 Å². The molecule has 0 amide bonds. The molecule has 24 heavy (non-hydrogen) atoms. The Morgan fingerprint density at radius 2 is 1.92 bits per heavy atom. The molecule has 0 bridgehead atoms. The third kappa shape index (κ3) is 5.20. The van der Waals surface area contributed by atoms with Gasteiger partial charge < -0.3 is 15.0 Å². The number of benzene rings is 1. The molecule has 3 rings (SSSR count). The Labute approximate surface area is 147 Å². The highest BCUT2D eigenvalue weighted by atomic mass is 16.5. The number of hydrogen-bond acceptors (Lipinski definition) is 4. The van der Waals surface area contributed by atoms with Crippen LogP contribution in [0, 0.1) is 6.92 Å². The monoisotopic (exact) mass is 331 g/mol. The minimum Gasteiger partial charge on any atom is -0.381 e. The molecule has 1 aromatic rings. The van der Waals surface area contributed by atoms with Crippen molar-refractivity contribution < 1.29 is 4.74 Å². The molecule has 0 saturated carbocycles. The molecule has 1 aromatic carbocycles. The van der Waals surface area contributed by atoms with Crippen LogP contribution in [0.4, 0.5) is 5.69 Å². The number of piperazine rings is 1. The lowest BCUT2D eigenvalue weighted by Crippen LogP contribution is -2.48. The van der Waals surface area contributed by atoms with Crippen molar-refractivity contribution in [2.24, 2.45) is 0 Å². The molecule has 2 fully saturated rings. The second-order valence-electron chi connectivity index (χ2n) is 7.41. The van der Waals surface area contributed by atoms with E-state index in [-0.39, 0.29) is 0 Å². The van der Waals surface area contributed by atoms with Gasteiger partial charge in [0, 0.05) is 57.2 Å². The van der Waals surface area contributed by atoms with Gasteiger partial charge in [0.1, 0.15) is 0 Å². The Balaban J connectivity index is 1.36. The Bertz CT molecular complexity index is 493. The molecular weight excluding hydrogens is 298 g/mol. The van der Waals surface area contributed by atoms with E-state index in [0.717, 1.165) is 26.3 Å². The molecule has 134 valence electrons. The van der Waals surface area contributed by atoms with E-state index in [1.54, 1.807) is 0 Å². The maximum atomic E-state index is 5.44. The highest BCUT2D eigenvalue weighted by Gasteiger charge is 2.19. The van der Waals surface area contributed by atoms with Gasteiger partial charge in [-0.3, -0.25) is 4.90 Å². The highest BCUT2D eigenvalue weighted by molar-refractivity contribution is 5.48. The second kappa shape index (κ2) is 8.84. The average molecular weight is 332 g/mol. The Hall–Kier alpha value is -1.10. The van der Waals surface area contributed by atoms with Gasteiger partial charge in [0.25, 0.3) is 0 Å². The van der Waals surface area contributed by atoms with Crippen molar-refractivity contribution in [1.82, 2.24) is 10.2 Å². The normalized spacial score (nSPS) is 21.8. The number of hydrogen-bond donors (Lipinski definition) is 1. The van der Waals surface area contributed by atoms with Crippen LogP contribution in [0.3, 0.4) is 0 Å². The maximum absolute atomic E-state index is 5.44. The Morgan fingerprint density at radius 3 is 2.62 bits per heavy atom. The molecule has 1 atom stereocenters. The Morgan fingerprint density at radius 1 is 1.17 bits per heavy atom. The van der Waals surface area contributed by atoms with Gasteiger partial charge in [0.15, 0.2) is 0 Å². The summed E-state index contributed by atoms with van der Waals surface area (Å²) in [6.45, 7) is 12.2. The molecule has 0 aliphatic carbocycles. The largest absolute Gasteiger partial charge is 0.381 e.